The van der Waals surface area contributed by atoms with Crippen molar-refractivity contribution < 1.29 is 36.2 Å². The predicted octanol–water partition coefficient (Wildman–Crippen LogP) is 3.85. The summed E-state index contributed by atoms with van der Waals surface area (Å²) in [7, 11) is -3.65. The fourth-order valence-corrected chi connectivity index (χ4v) is 4.89. The van der Waals surface area contributed by atoms with E-state index in [9.17, 15) is 36.3 Å². The van der Waals surface area contributed by atoms with Crippen molar-refractivity contribution in [2.24, 2.45) is 0 Å². The molecular weight excluding hydrogens is 513 g/mol. The van der Waals surface area contributed by atoms with Crippen molar-refractivity contribution in [3.8, 4) is 28.8 Å². The molecule has 4 rings (SSSR count). The molecule has 0 radical (unpaired) electrons. The van der Waals surface area contributed by atoms with E-state index in [1.54, 1.807) is 0 Å². The number of hydrogen-bond donors (Lipinski definition) is 1. The zero-order chi connectivity index (χ0) is 27.7. The van der Waals surface area contributed by atoms with E-state index in [0.717, 1.165) is 18.4 Å². The lowest BCUT2D eigenvalue weighted by Gasteiger charge is -2.44. The van der Waals surface area contributed by atoms with Gasteiger partial charge >= 0.3 is 12.3 Å². The summed E-state index contributed by atoms with van der Waals surface area (Å²) < 4.78 is 68.4. The van der Waals surface area contributed by atoms with Gasteiger partial charge in [-0.25, -0.2) is 13.2 Å². The first kappa shape index (κ1) is 26.6. The third-order valence-corrected chi connectivity index (χ3v) is 8.83. The standard InChI is InChI=1S/C25H25F3N2O6S/c1-23(2)8-7-18-15-10-14(6-9-24(3,4)37(5,34)35)21(36-25(26,27)28)11-16(15)19-12-20(31)17(22(32)33)13-29(19)30(18)23/h10-13,18H,7-8H2,1-5H3,(H,32,33). The van der Waals surface area contributed by atoms with Gasteiger partial charge in [-0.15, -0.1) is 13.2 Å². The summed E-state index contributed by atoms with van der Waals surface area (Å²) in [5.41, 5.74) is -0.852. The van der Waals surface area contributed by atoms with Crippen LogP contribution in [0.3, 0.4) is 0 Å². The molecule has 198 valence electrons. The monoisotopic (exact) mass is 538 g/mol. The van der Waals surface area contributed by atoms with Gasteiger partial charge < -0.3 is 9.84 Å². The molecule has 12 heteroatoms. The molecule has 0 amide bonds. The summed E-state index contributed by atoms with van der Waals surface area (Å²) in [6, 6.07) is 3.27. The molecule has 1 saturated heterocycles. The van der Waals surface area contributed by atoms with Crippen LogP contribution in [-0.4, -0.2) is 47.1 Å². The molecule has 0 bridgehead atoms. The molecule has 1 unspecified atom stereocenters. The molecule has 1 atom stereocenters. The second-order valence-electron chi connectivity index (χ2n) is 10.3. The van der Waals surface area contributed by atoms with Crippen LogP contribution in [0.25, 0.3) is 11.3 Å². The van der Waals surface area contributed by atoms with Crippen LogP contribution in [0.5, 0.6) is 5.75 Å². The van der Waals surface area contributed by atoms with Gasteiger partial charge in [0.15, 0.2) is 15.3 Å². The number of fused-ring (bicyclic) bond motifs is 6. The highest BCUT2D eigenvalue weighted by Crippen LogP contribution is 2.49. The molecule has 0 saturated carbocycles. The van der Waals surface area contributed by atoms with Gasteiger partial charge in [0, 0.05) is 24.1 Å². The summed E-state index contributed by atoms with van der Waals surface area (Å²) in [5.74, 6) is 3.05. The molecule has 8 nitrogen and oxygen atoms in total. The first-order chi connectivity index (χ1) is 16.8. The quantitative estimate of drug-likeness (QED) is 0.592. The topological polar surface area (TPSA) is 106 Å². The van der Waals surface area contributed by atoms with Crippen molar-refractivity contribution in [1.82, 2.24) is 4.68 Å². The highest BCUT2D eigenvalue weighted by Gasteiger charge is 2.45. The van der Waals surface area contributed by atoms with Gasteiger partial charge in [-0.2, -0.15) is 0 Å². The Balaban J connectivity index is 2.03. The Hall–Kier alpha value is -3.46. The zero-order valence-electron chi connectivity index (χ0n) is 20.7. The highest BCUT2D eigenvalue weighted by molar-refractivity contribution is 7.92. The minimum absolute atomic E-state index is 0.157. The lowest BCUT2D eigenvalue weighted by atomic mass is 9.91. The average Bonchev–Trinajstić information content (AvgIpc) is 3.05. The van der Waals surface area contributed by atoms with E-state index in [2.05, 4.69) is 16.6 Å². The maximum absolute atomic E-state index is 13.3. The minimum atomic E-state index is -5.07. The van der Waals surface area contributed by atoms with Crippen molar-refractivity contribution in [3.63, 3.8) is 0 Å². The van der Waals surface area contributed by atoms with Gasteiger partial charge in [-0.1, -0.05) is 11.8 Å². The van der Waals surface area contributed by atoms with Gasteiger partial charge in [0.25, 0.3) is 0 Å². The maximum Gasteiger partial charge on any atom is 0.573 e. The van der Waals surface area contributed by atoms with E-state index >= 15 is 0 Å². The van der Waals surface area contributed by atoms with Gasteiger partial charge in [0.2, 0.25) is 0 Å². The summed E-state index contributed by atoms with van der Waals surface area (Å²) in [5, 5.41) is 11.4. The molecule has 37 heavy (non-hydrogen) atoms. The van der Waals surface area contributed by atoms with Crippen LogP contribution in [0.15, 0.2) is 29.2 Å². The number of nitrogens with zero attached hydrogens (tertiary/aromatic N) is 2. The molecule has 0 spiro atoms. The Kier molecular flexibility index (Phi) is 5.95. The van der Waals surface area contributed by atoms with Crippen LogP contribution in [0.4, 0.5) is 13.2 Å². The molecule has 1 fully saturated rings. The number of ether oxygens (including phenoxy) is 1. The molecule has 1 aromatic heterocycles. The molecule has 0 aliphatic carbocycles. The third kappa shape index (κ3) is 4.68. The minimum Gasteiger partial charge on any atom is -0.477 e. The van der Waals surface area contributed by atoms with Crippen LogP contribution in [-0.2, 0) is 9.84 Å². The van der Waals surface area contributed by atoms with Gasteiger partial charge in [-0.05, 0) is 58.2 Å². The van der Waals surface area contributed by atoms with Gasteiger partial charge in [0.05, 0.1) is 22.8 Å². The predicted molar refractivity (Wildman–Crippen MR) is 130 cm³/mol. The molecule has 2 aliphatic heterocycles. The number of sulfone groups is 1. The zero-order valence-corrected chi connectivity index (χ0v) is 21.5. The average molecular weight is 539 g/mol. The van der Waals surface area contributed by atoms with E-state index in [1.807, 2.05) is 18.9 Å². The molecule has 2 aliphatic rings. The Morgan fingerprint density at radius 1 is 1.22 bits per heavy atom. The van der Waals surface area contributed by atoms with Gasteiger partial charge in [0.1, 0.15) is 16.1 Å². The summed E-state index contributed by atoms with van der Waals surface area (Å²) in [6.45, 7) is 6.58. The Morgan fingerprint density at radius 3 is 2.43 bits per heavy atom. The number of carboxylic acid groups (broad SMARTS) is 1. The van der Waals surface area contributed by atoms with Crippen molar-refractivity contribution in [2.45, 2.75) is 63.2 Å². The lowest BCUT2D eigenvalue weighted by Crippen LogP contribution is -2.50. The number of rotatable bonds is 3. The van der Waals surface area contributed by atoms with E-state index in [0.29, 0.717) is 18.4 Å². The SMILES string of the molecule is CC1(C)CCC2c3cc(C#CC(C)(C)S(C)(=O)=O)c(OC(F)(F)F)cc3-c3cc(=O)c(C(=O)O)cn3N21. The van der Waals surface area contributed by atoms with E-state index < -0.39 is 49.2 Å². The molecule has 3 heterocycles. The van der Waals surface area contributed by atoms with E-state index in [4.69, 9.17) is 0 Å². The fourth-order valence-electron chi connectivity index (χ4n) is 4.65. The first-order valence-corrected chi connectivity index (χ1v) is 13.2. The molecule has 1 N–H and O–H groups in total. The van der Waals surface area contributed by atoms with Crippen LogP contribution < -0.4 is 15.2 Å². The van der Waals surface area contributed by atoms with Crippen LogP contribution >= 0.6 is 0 Å². The second-order valence-corrected chi connectivity index (χ2v) is 12.9. The number of halogens is 3. The number of hydrogen-bond acceptors (Lipinski definition) is 6. The maximum atomic E-state index is 13.3. The first-order valence-electron chi connectivity index (χ1n) is 11.3. The number of alkyl halides is 3. The Bertz CT molecular complexity index is 1540. The number of aromatic nitrogens is 1. The Morgan fingerprint density at radius 2 is 1.86 bits per heavy atom. The van der Waals surface area contributed by atoms with Crippen molar-refractivity contribution in [3.05, 3.63) is 51.3 Å². The van der Waals surface area contributed by atoms with Crippen LogP contribution in [0.1, 0.15) is 68.1 Å². The van der Waals surface area contributed by atoms with E-state index in [1.165, 1.54) is 30.8 Å². The molecular formula is C25H25F3N2O6S. The van der Waals surface area contributed by atoms with E-state index in [-0.39, 0.29) is 22.9 Å². The number of benzene rings is 1. The summed E-state index contributed by atoms with van der Waals surface area (Å²) in [4.78, 5) is 24.2. The van der Waals surface area contributed by atoms with Crippen molar-refractivity contribution in [1.29, 1.82) is 0 Å². The fraction of sp³-hybridized carbons (Fsp3) is 0.440. The molecule has 2 aromatic rings. The smallest absolute Gasteiger partial charge is 0.477 e. The third-order valence-electron chi connectivity index (χ3n) is 6.88. The number of carboxylic acids is 1. The largest absolute Gasteiger partial charge is 0.573 e. The number of carbonyl (C=O) groups is 1. The van der Waals surface area contributed by atoms with Gasteiger partial charge in [-0.3, -0.25) is 14.5 Å². The normalized spacial score (nSPS) is 18.3. The number of pyridine rings is 1. The van der Waals surface area contributed by atoms with Crippen LogP contribution in [0, 0.1) is 11.8 Å². The lowest BCUT2D eigenvalue weighted by molar-refractivity contribution is -0.274. The van der Waals surface area contributed by atoms with Crippen molar-refractivity contribution >= 4 is 15.8 Å². The second kappa shape index (κ2) is 8.28. The number of aromatic carboxylic acids is 1. The van der Waals surface area contributed by atoms with Crippen molar-refractivity contribution in [2.75, 3.05) is 11.3 Å². The molecule has 1 aromatic carbocycles. The van der Waals surface area contributed by atoms with Crippen LogP contribution in [0.2, 0.25) is 0 Å². The summed E-state index contributed by atoms with van der Waals surface area (Å²) >= 11 is 0. The highest BCUT2D eigenvalue weighted by atomic mass is 32.2. The Labute approximate surface area is 211 Å². The summed E-state index contributed by atoms with van der Waals surface area (Å²) in [6.07, 6.45) is -1.63.